The van der Waals surface area contributed by atoms with E-state index in [4.69, 9.17) is 30.5 Å². The number of carbonyl (C=O) groups is 1. The zero-order valence-corrected chi connectivity index (χ0v) is 17.2. The van der Waals surface area contributed by atoms with Crippen LogP contribution in [0.4, 0.5) is 5.69 Å². The van der Waals surface area contributed by atoms with E-state index in [-0.39, 0.29) is 24.8 Å². The van der Waals surface area contributed by atoms with Gasteiger partial charge < -0.3 is 24.3 Å². The second kappa shape index (κ2) is 9.23. The van der Waals surface area contributed by atoms with Gasteiger partial charge in [0.25, 0.3) is 5.91 Å². The van der Waals surface area contributed by atoms with Crippen molar-refractivity contribution in [2.75, 3.05) is 32.4 Å². The number of ether oxygens (including phenoxy) is 4. The van der Waals surface area contributed by atoms with Crippen molar-refractivity contribution in [2.24, 2.45) is 4.99 Å². The summed E-state index contributed by atoms with van der Waals surface area (Å²) in [4.78, 5) is 17.4. The summed E-state index contributed by atoms with van der Waals surface area (Å²) < 4.78 is 21.7. The van der Waals surface area contributed by atoms with Crippen molar-refractivity contribution in [3.63, 3.8) is 0 Å². The van der Waals surface area contributed by atoms with Crippen molar-refractivity contribution in [3.8, 4) is 17.2 Å². The first-order valence-corrected chi connectivity index (χ1v) is 9.98. The van der Waals surface area contributed by atoms with Crippen molar-refractivity contribution in [1.29, 1.82) is 0 Å². The van der Waals surface area contributed by atoms with Crippen LogP contribution in [0.25, 0.3) is 0 Å². The fourth-order valence-corrected chi connectivity index (χ4v) is 3.39. The van der Waals surface area contributed by atoms with E-state index < -0.39 is 0 Å². The highest BCUT2D eigenvalue weighted by molar-refractivity contribution is 6.31. The number of nitrogens with zero attached hydrogens (tertiary/aromatic N) is 1. The van der Waals surface area contributed by atoms with Gasteiger partial charge in [-0.15, -0.1) is 0 Å². The molecule has 30 heavy (non-hydrogen) atoms. The lowest BCUT2D eigenvalue weighted by Gasteiger charge is -2.15. The summed E-state index contributed by atoms with van der Waals surface area (Å²) in [6.45, 7) is 1.30. The van der Waals surface area contributed by atoms with Crippen LogP contribution < -0.4 is 24.8 Å². The summed E-state index contributed by atoms with van der Waals surface area (Å²) in [5.41, 5.74) is 1.01. The van der Waals surface area contributed by atoms with Gasteiger partial charge in [-0.25, -0.2) is 4.99 Å². The number of benzene rings is 2. The van der Waals surface area contributed by atoms with Gasteiger partial charge in [0.2, 0.25) is 12.8 Å². The Bertz CT molecular complexity index is 960. The molecule has 2 N–H and O–H groups in total. The molecule has 1 atom stereocenters. The molecule has 1 unspecified atom stereocenters. The van der Waals surface area contributed by atoms with Gasteiger partial charge in [-0.1, -0.05) is 11.6 Å². The molecule has 1 amide bonds. The number of rotatable bonds is 5. The number of hydrogen-bond donors (Lipinski definition) is 2. The lowest BCUT2D eigenvalue weighted by molar-refractivity contribution is 0.0975. The third kappa shape index (κ3) is 4.77. The van der Waals surface area contributed by atoms with Gasteiger partial charge >= 0.3 is 0 Å². The highest BCUT2D eigenvalue weighted by atomic mass is 35.5. The minimum atomic E-state index is -0.340. The summed E-state index contributed by atoms with van der Waals surface area (Å²) in [6.07, 6.45) is 1.98. The van der Waals surface area contributed by atoms with Crippen molar-refractivity contribution in [1.82, 2.24) is 5.32 Å². The molecule has 2 aliphatic heterocycles. The molecule has 0 saturated carbocycles. The van der Waals surface area contributed by atoms with Crippen molar-refractivity contribution in [2.45, 2.75) is 18.9 Å². The van der Waals surface area contributed by atoms with Crippen molar-refractivity contribution in [3.05, 3.63) is 47.0 Å². The molecule has 0 radical (unpaired) electrons. The fourth-order valence-electron chi connectivity index (χ4n) is 3.21. The number of fused-ring (bicyclic) bond motifs is 1. The molecule has 158 valence electrons. The number of aliphatic imine (C=N–C) groups is 1. The van der Waals surface area contributed by atoms with Gasteiger partial charge in [0.15, 0.2) is 11.5 Å². The summed E-state index contributed by atoms with van der Waals surface area (Å²) in [5.74, 6) is 1.65. The minimum Gasteiger partial charge on any atom is -0.495 e. The van der Waals surface area contributed by atoms with Crippen LogP contribution in [0.3, 0.4) is 0 Å². The topological polar surface area (TPSA) is 90.4 Å². The van der Waals surface area contributed by atoms with E-state index in [1.165, 1.54) is 0 Å². The molecule has 1 saturated heterocycles. The van der Waals surface area contributed by atoms with Crippen LogP contribution in [-0.2, 0) is 4.74 Å². The summed E-state index contributed by atoms with van der Waals surface area (Å²) in [7, 11) is 1.56. The highest BCUT2D eigenvalue weighted by Gasteiger charge is 2.19. The highest BCUT2D eigenvalue weighted by Crippen LogP contribution is 2.32. The van der Waals surface area contributed by atoms with Crippen LogP contribution in [0.1, 0.15) is 23.2 Å². The average molecular weight is 432 g/mol. The number of carbonyl (C=O) groups excluding carboxylic acids is 1. The molecular weight excluding hydrogens is 410 g/mol. The summed E-state index contributed by atoms with van der Waals surface area (Å²) in [6, 6.07) is 10.2. The average Bonchev–Trinajstić information content (AvgIpc) is 3.43. The lowest BCUT2D eigenvalue weighted by atomic mass is 10.2. The van der Waals surface area contributed by atoms with E-state index in [0.29, 0.717) is 40.1 Å². The molecule has 2 heterocycles. The summed E-state index contributed by atoms with van der Waals surface area (Å²) in [5, 5.41) is 6.46. The van der Waals surface area contributed by atoms with Crippen LogP contribution in [0.15, 0.2) is 41.4 Å². The minimum absolute atomic E-state index is 0.0329. The number of methoxy groups -OCH3 is 1. The van der Waals surface area contributed by atoms with E-state index in [1.807, 2.05) is 0 Å². The fraction of sp³-hybridized carbons (Fsp3) is 0.333. The molecule has 8 nitrogen and oxygen atoms in total. The van der Waals surface area contributed by atoms with Crippen molar-refractivity contribution >= 4 is 29.2 Å². The van der Waals surface area contributed by atoms with Crippen LogP contribution in [0.5, 0.6) is 17.2 Å². The van der Waals surface area contributed by atoms with Crippen LogP contribution in [0, 0.1) is 0 Å². The Morgan fingerprint density at radius 3 is 2.90 bits per heavy atom. The number of halogens is 1. The SMILES string of the molecule is COc1ccc(Cl)cc1NC(=NCC1CCCO1)NC(=O)c1ccc2c(c1)OCO2. The second-order valence-electron chi connectivity index (χ2n) is 6.82. The van der Waals surface area contributed by atoms with Gasteiger partial charge in [-0.3, -0.25) is 10.1 Å². The molecule has 1 fully saturated rings. The Kier molecular flexibility index (Phi) is 6.25. The maximum Gasteiger partial charge on any atom is 0.258 e. The van der Waals surface area contributed by atoms with Crippen LogP contribution in [0.2, 0.25) is 5.02 Å². The standard InChI is InChI=1S/C21H22ClN3O5/c1-27-17-7-5-14(22)10-16(17)24-21(23-11-15-3-2-8-28-15)25-20(26)13-4-6-18-19(9-13)30-12-29-18/h4-7,9-10,15H,2-3,8,11-12H2,1H3,(H2,23,24,25,26). The van der Waals surface area contributed by atoms with Gasteiger partial charge in [0.1, 0.15) is 5.75 Å². The Morgan fingerprint density at radius 2 is 2.10 bits per heavy atom. The monoisotopic (exact) mass is 431 g/mol. The Labute approximate surface area is 179 Å². The first-order chi connectivity index (χ1) is 14.6. The van der Waals surface area contributed by atoms with E-state index in [1.54, 1.807) is 43.5 Å². The predicted octanol–water partition coefficient (Wildman–Crippen LogP) is 3.45. The zero-order chi connectivity index (χ0) is 20.9. The number of hydrogen-bond acceptors (Lipinski definition) is 6. The first-order valence-electron chi connectivity index (χ1n) is 9.60. The van der Waals surface area contributed by atoms with E-state index in [0.717, 1.165) is 19.4 Å². The van der Waals surface area contributed by atoms with Gasteiger partial charge in [-0.2, -0.15) is 0 Å². The molecule has 0 spiro atoms. The maximum absolute atomic E-state index is 12.8. The molecule has 0 bridgehead atoms. The van der Waals surface area contributed by atoms with E-state index in [2.05, 4.69) is 15.6 Å². The Morgan fingerprint density at radius 1 is 1.23 bits per heavy atom. The molecule has 2 aromatic carbocycles. The molecule has 2 aromatic rings. The quantitative estimate of drug-likeness (QED) is 0.556. The first kappa shape index (κ1) is 20.3. The Hall–Kier alpha value is -2.97. The van der Waals surface area contributed by atoms with E-state index in [9.17, 15) is 4.79 Å². The maximum atomic E-state index is 12.8. The molecule has 0 aliphatic carbocycles. The molecule has 4 rings (SSSR count). The molecule has 9 heteroatoms. The second-order valence-corrected chi connectivity index (χ2v) is 7.25. The third-order valence-electron chi connectivity index (χ3n) is 4.76. The predicted molar refractivity (Wildman–Crippen MR) is 113 cm³/mol. The van der Waals surface area contributed by atoms with Crippen LogP contribution >= 0.6 is 11.6 Å². The van der Waals surface area contributed by atoms with Crippen molar-refractivity contribution < 1.29 is 23.7 Å². The largest absolute Gasteiger partial charge is 0.495 e. The number of nitrogens with one attached hydrogen (secondary N) is 2. The number of guanidine groups is 1. The molecular formula is C21H22ClN3O5. The zero-order valence-electron chi connectivity index (χ0n) is 16.4. The van der Waals surface area contributed by atoms with Crippen LogP contribution in [-0.4, -0.2) is 45.0 Å². The van der Waals surface area contributed by atoms with E-state index >= 15 is 0 Å². The summed E-state index contributed by atoms with van der Waals surface area (Å²) >= 11 is 6.13. The Balaban J connectivity index is 1.54. The normalized spacial score (nSPS) is 17.7. The third-order valence-corrected chi connectivity index (χ3v) is 4.99. The van der Waals surface area contributed by atoms with Gasteiger partial charge in [-0.05, 0) is 49.2 Å². The lowest BCUT2D eigenvalue weighted by Crippen LogP contribution is -2.36. The number of anilines is 1. The number of amides is 1. The molecule has 0 aromatic heterocycles. The van der Waals surface area contributed by atoms with Gasteiger partial charge in [0.05, 0.1) is 25.4 Å². The smallest absolute Gasteiger partial charge is 0.258 e. The molecule has 2 aliphatic rings. The van der Waals surface area contributed by atoms with Gasteiger partial charge in [0, 0.05) is 17.2 Å².